The molecule has 1 aliphatic heterocycles. The van der Waals surface area contributed by atoms with Crippen LogP contribution >= 0.6 is 0 Å². The number of rotatable bonds is 5. The van der Waals surface area contributed by atoms with Gasteiger partial charge in [-0.3, -0.25) is 9.88 Å². The summed E-state index contributed by atoms with van der Waals surface area (Å²) in [4.78, 5) is 16.8. The van der Waals surface area contributed by atoms with Crippen LogP contribution in [0.15, 0.2) is 77.8 Å². The van der Waals surface area contributed by atoms with E-state index in [0.29, 0.717) is 11.4 Å². The van der Waals surface area contributed by atoms with Gasteiger partial charge in [0, 0.05) is 60.9 Å². The molecule has 2 aromatic carbocycles. The number of benzene rings is 2. The number of sulfone groups is 1. The average molecular weight is 472 g/mol. The van der Waals surface area contributed by atoms with Gasteiger partial charge in [0.2, 0.25) is 0 Å². The fourth-order valence-corrected chi connectivity index (χ4v) is 4.74. The minimum atomic E-state index is -3.22. The standard InChI is InChI=1S/C26H25N5O2S/c1-34(32,33)23-11-7-18(8-12-23)24-4-2-3-22(29-24)17-31-14-13-25-20(16-31)15-28-26(30-25)19-5-9-21(27)10-6-19/h2-12,15H,13-14,16-17,27H2,1H3. The zero-order valence-corrected chi connectivity index (χ0v) is 19.7. The van der Waals surface area contributed by atoms with E-state index in [-0.39, 0.29) is 0 Å². The molecule has 7 nitrogen and oxygen atoms in total. The quantitative estimate of drug-likeness (QED) is 0.442. The van der Waals surface area contributed by atoms with E-state index < -0.39 is 9.84 Å². The smallest absolute Gasteiger partial charge is 0.175 e. The van der Waals surface area contributed by atoms with E-state index in [1.807, 2.05) is 48.7 Å². The summed E-state index contributed by atoms with van der Waals surface area (Å²) in [6.45, 7) is 2.38. The molecule has 34 heavy (non-hydrogen) atoms. The molecule has 0 radical (unpaired) electrons. The normalized spacial score (nSPS) is 14.0. The van der Waals surface area contributed by atoms with Crippen molar-refractivity contribution >= 4 is 15.5 Å². The first kappa shape index (κ1) is 22.2. The van der Waals surface area contributed by atoms with Crippen LogP contribution in [0.25, 0.3) is 22.6 Å². The van der Waals surface area contributed by atoms with Crippen LogP contribution in [0.3, 0.4) is 0 Å². The molecule has 8 heteroatoms. The molecule has 0 unspecified atom stereocenters. The molecule has 1 aliphatic rings. The second-order valence-electron chi connectivity index (χ2n) is 8.56. The third kappa shape index (κ3) is 4.83. The van der Waals surface area contributed by atoms with Crippen LogP contribution in [0.1, 0.15) is 17.0 Å². The first-order valence-electron chi connectivity index (χ1n) is 11.0. The van der Waals surface area contributed by atoms with Crippen molar-refractivity contribution in [3.8, 4) is 22.6 Å². The van der Waals surface area contributed by atoms with Gasteiger partial charge in [0.1, 0.15) is 0 Å². The zero-order chi connectivity index (χ0) is 23.7. The molecule has 3 heterocycles. The maximum atomic E-state index is 11.7. The van der Waals surface area contributed by atoms with Crippen molar-refractivity contribution < 1.29 is 8.42 Å². The number of nitrogens with two attached hydrogens (primary N) is 1. The number of nitrogens with zero attached hydrogens (tertiary/aromatic N) is 4. The van der Waals surface area contributed by atoms with Crippen molar-refractivity contribution in [1.82, 2.24) is 19.9 Å². The Labute approximate surface area is 199 Å². The Balaban J connectivity index is 1.29. The molecule has 2 N–H and O–H groups in total. The highest BCUT2D eigenvalue weighted by Gasteiger charge is 2.19. The molecule has 0 fully saturated rings. The van der Waals surface area contributed by atoms with Crippen molar-refractivity contribution in [3.05, 3.63) is 89.9 Å². The van der Waals surface area contributed by atoms with Gasteiger partial charge in [-0.25, -0.2) is 18.4 Å². The molecule has 0 saturated heterocycles. The van der Waals surface area contributed by atoms with Gasteiger partial charge in [-0.15, -0.1) is 0 Å². The number of hydrogen-bond acceptors (Lipinski definition) is 7. The number of fused-ring (bicyclic) bond motifs is 1. The molecule has 0 spiro atoms. The summed E-state index contributed by atoms with van der Waals surface area (Å²) >= 11 is 0. The summed E-state index contributed by atoms with van der Waals surface area (Å²) in [5, 5.41) is 0. The molecule has 5 rings (SSSR count). The SMILES string of the molecule is CS(=O)(=O)c1ccc(-c2cccc(CN3CCc4nc(-c5ccc(N)cc5)ncc4C3)n2)cc1. The highest BCUT2D eigenvalue weighted by Crippen LogP contribution is 2.24. The Morgan fingerprint density at radius 2 is 1.68 bits per heavy atom. The van der Waals surface area contributed by atoms with Crippen LogP contribution in [-0.4, -0.2) is 41.1 Å². The number of hydrogen-bond donors (Lipinski definition) is 1. The van der Waals surface area contributed by atoms with E-state index in [2.05, 4.69) is 9.88 Å². The monoisotopic (exact) mass is 471 g/mol. The van der Waals surface area contributed by atoms with Crippen molar-refractivity contribution in [3.63, 3.8) is 0 Å². The van der Waals surface area contributed by atoms with Gasteiger partial charge < -0.3 is 5.73 Å². The minimum absolute atomic E-state index is 0.307. The molecule has 0 saturated carbocycles. The first-order valence-corrected chi connectivity index (χ1v) is 12.9. The lowest BCUT2D eigenvalue weighted by molar-refractivity contribution is 0.240. The predicted molar refractivity (Wildman–Crippen MR) is 132 cm³/mol. The topological polar surface area (TPSA) is 102 Å². The van der Waals surface area contributed by atoms with E-state index in [4.69, 9.17) is 15.7 Å². The van der Waals surface area contributed by atoms with Crippen molar-refractivity contribution in [2.75, 3.05) is 18.5 Å². The van der Waals surface area contributed by atoms with Gasteiger partial charge in [-0.1, -0.05) is 18.2 Å². The Morgan fingerprint density at radius 3 is 2.41 bits per heavy atom. The summed E-state index contributed by atoms with van der Waals surface area (Å²) in [5.41, 5.74) is 12.4. The highest BCUT2D eigenvalue weighted by atomic mass is 32.2. The molecule has 0 atom stereocenters. The van der Waals surface area contributed by atoms with E-state index in [0.717, 1.165) is 64.8 Å². The maximum Gasteiger partial charge on any atom is 0.175 e. The lowest BCUT2D eigenvalue weighted by Gasteiger charge is -2.27. The van der Waals surface area contributed by atoms with Crippen LogP contribution in [0.4, 0.5) is 5.69 Å². The van der Waals surface area contributed by atoms with E-state index in [1.54, 1.807) is 24.3 Å². The molecular formula is C26H25N5O2S. The van der Waals surface area contributed by atoms with E-state index in [1.165, 1.54) is 6.26 Å². The Kier molecular flexibility index (Phi) is 5.85. The summed E-state index contributed by atoms with van der Waals surface area (Å²) in [5.74, 6) is 0.725. The average Bonchev–Trinajstić information content (AvgIpc) is 2.84. The van der Waals surface area contributed by atoms with Gasteiger partial charge in [0.15, 0.2) is 15.7 Å². The third-order valence-electron chi connectivity index (χ3n) is 5.95. The predicted octanol–water partition coefficient (Wildman–Crippen LogP) is 3.75. The van der Waals surface area contributed by atoms with Crippen molar-refractivity contribution in [2.45, 2.75) is 24.4 Å². The minimum Gasteiger partial charge on any atom is -0.399 e. The van der Waals surface area contributed by atoms with Crippen LogP contribution < -0.4 is 5.73 Å². The number of anilines is 1. The van der Waals surface area contributed by atoms with Crippen molar-refractivity contribution in [1.29, 1.82) is 0 Å². The van der Waals surface area contributed by atoms with Gasteiger partial charge in [-0.2, -0.15) is 0 Å². The fourth-order valence-electron chi connectivity index (χ4n) is 4.11. The Morgan fingerprint density at radius 1 is 0.941 bits per heavy atom. The number of aromatic nitrogens is 3. The lowest BCUT2D eigenvalue weighted by atomic mass is 10.1. The van der Waals surface area contributed by atoms with E-state index in [9.17, 15) is 8.42 Å². The van der Waals surface area contributed by atoms with Crippen LogP contribution in [0, 0.1) is 0 Å². The summed E-state index contributed by atoms with van der Waals surface area (Å²) < 4.78 is 23.4. The largest absolute Gasteiger partial charge is 0.399 e. The summed E-state index contributed by atoms with van der Waals surface area (Å²) in [7, 11) is -3.22. The van der Waals surface area contributed by atoms with Gasteiger partial charge in [0.05, 0.1) is 22.0 Å². The molecule has 4 aromatic rings. The molecule has 0 bridgehead atoms. The van der Waals surface area contributed by atoms with Gasteiger partial charge in [0.25, 0.3) is 0 Å². The first-order chi connectivity index (χ1) is 16.3. The molecule has 0 amide bonds. The fraction of sp³-hybridized carbons (Fsp3) is 0.192. The zero-order valence-electron chi connectivity index (χ0n) is 18.8. The van der Waals surface area contributed by atoms with Crippen LogP contribution in [0.2, 0.25) is 0 Å². The molecule has 2 aromatic heterocycles. The Bertz CT molecular complexity index is 1440. The van der Waals surface area contributed by atoms with Crippen molar-refractivity contribution in [2.24, 2.45) is 0 Å². The molecular weight excluding hydrogens is 446 g/mol. The number of nitrogen functional groups attached to an aromatic ring is 1. The lowest BCUT2D eigenvalue weighted by Crippen LogP contribution is -2.31. The van der Waals surface area contributed by atoms with Gasteiger partial charge in [-0.05, 0) is 48.5 Å². The van der Waals surface area contributed by atoms with Crippen LogP contribution in [0.5, 0.6) is 0 Å². The third-order valence-corrected chi connectivity index (χ3v) is 7.08. The summed E-state index contributed by atoms with van der Waals surface area (Å²) in [6.07, 6.45) is 3.99. The molecule has 0 aliphatic carbocycles. The summed E-state index contributed by atoms with van der Waals surface area (Å²) in [6, 6.07) is 20.4. The highest BCUT2D eigenvalue weighted by molar-refractivity contribution is 7.90. The van der Waals surface area contributed by atoms with Crippen LogP contribution in [-0.2, 0) is 29.3 Å². The second kappa shape index (κ2) is 8.96. The molecule has 172 valence electrons. The van der Waals surface area contributed by atoms with E-state index >= 15 is 0 Å². The Hall–Kier alpha value is -3.62. The maximum absolute atomic E-state index is 11.7. The second-order valence-corrected chi connectivity index (χ2v) is 10.6. The number of pyridine rings is 1. The van der Waals surface area contributed by atoms with Gasteiger partial charge >= 0.3 is 0 Å².